The molecule has 0 radical (unpaired) electrons. The van der Waals surface area contributed by atoms with E-state index in [0.717, 1.165) is 55.8 Å². The van der Waals surface area contributed by atoms with Gasteiger partial charge in [-0.2, -0.15) is 0 Å². The van der Waals surface area contributed by atoms with E-state index in [9.17, 15) is 0 Å². The second-order valence-electron chi connectivity index (χ2n) is 9.31. The molecule has 8 aromatic heterocycles. The van der Waals surface area contributed by atoms with Crippen LogP contribution in [0.4, 0.5) is 0 Å². The monoisotopic (exact) mass is 578 g/mol. The third-order valence-corrected chi connectivity index (χ3v) is 7.02. The van der Waals surface area contributed by atoms with E-state index in [2.05, 4.69) is 64.7 Å². The molecule has 0 atom stereocenters. The average Bonchev–Trinajstić information content (AvgIpc) is 3.85. The normalized spacial score (nSPS) is 10.6. The van der Waals surface area contributed by atoms with Gasteiger partial charge < -0.3 is 24.6 Å². The van der Waals surface area contributed by atoms with Gasteiger partial charge in [-0.3, -0.25) is 0 Å². The van der Waals surface area contributed by atoms with E-state index in [4.69, 9.17) is 16.7 Å². The highest BCUT2D eigenvalue weighted by atomic mass is 35.5. The van der Waals surface area contributed by atoms with Gasteiger partial charge in [-0.25, -0.2) is 19.9 Å². The van der Waals surface area contributed by atoms with Crippen LogP contribution in [0.2, 0.25) is 5.02 Å². The molecule has 9 nitrogen and oxygen atoms in total. The Morgan fingerprint density at radius 1 is 0.690 bits per heavy atom. The fourth-order valence-corrected chi connectivity index (χ4v) is 4.70. The molecule has 0 fully saturated rings. The Morgan fingerprint density at radius 3 is 2.07 bits per heavy atom. The van der Waals surface area contributed by atoms with Crippen molar-refractivity contribution >= 4 is 55.7 Å². The molecular formula is C32H31ClN8O. The Balaban J connectivity index is 0.000000112. The number of nitrogens with zero attached hydrogens (tertiary/aromatic N) is 5. The van der Waals surface area contributed by atoms with Gasteiger partial charge in [0.25, 0.3) is 0 Å². The average molecular weight is 579 g/mol. The van der Waals surface area contributed by atoms with E-state index >= 15 is 0 Å². The highest BCUT2D eigenvalue weighted by Crippen LogP contribution is 2.19. The van der Waals surface area contributed by atoms with Crippen LogP contribution < -0.4 is 0 Å². The maximum atomic E-state index is 8.91. The molecule has 0 spiro atoms. The summed E-state index contributed by atoms with van der Waals surface area (Å²) in [5, 5.41) is 14.1. The number of H-pyrrole nitrogens is 3. The largest absolute Gasteiger partial charge is 0.392 e. The van der Waals surface area contributed by atoms with E-state index in [1.807, 2.05) is 68.2 Å². The van der Waals surface area contributed by atoms with Crippen molar-refractivity contribution in [1.29, 1.82) is 0 Å². The van der Waals surface area contributed by atoms with E-state index in [1.165, 1.54) is 10.9 Å². The first kappa shape index (κ1) is 28.5. The number of aliphatic hydroxyl groups excluding tert-OH is 1. The van der Waals surface area contributed by atoms with Gasteiger partial charge in [0.1, 0.15) is 22.6 Å². The van der Waals surface area contributed by atoms with Crippen LogP contribution in [0.15, 0.2) is 104 Å². The molecule has 0 aliphatic carbocycles. The maximum Gasteiger partial charge on any atom is 0.139 e. The van der Waals surface area contributed by atoms with Crippen LogP contribution in [-0.2, 0) is 20.1 Å². The van der Waals surface area contributed by atoms with Crippen molar-refractivity contribution in [3.8, 4) is 0 Å². The van der Waals surface area contributed by atoms with Crippen molar-refractivity contribution in [2.75, 3.05) is 0 Å². The molecule has 42 heavy (non-hydrogen) atoms. The fraction of sp³-hybridized carbons (Fsp3) is 0.125. The number of aliphatic hydroxyl groups is 1. The fourth-order valence-electron chi connectivity index (χ4n) is 4.50. The van der Waals surface area contributed by atoms with Crippen molar-refractivity contribution in [2.45, 2.75) is 20.0 Å². The predicted octanol–water partition coefficient (Wildman–Crippen LogP) is 6.97. The molecule has 212 valence electrons. The lowest BCUT2D eigenvalue weighted by atomic mass is 10.1. The number of aromatic amines is 3. The van der Waals surface area contributed by atoms with Gasteiger partial charge in [-0.1, -0.05) is 18.5 Å². The Bertz CT molecular complexity index is 1990. The van der Waals surface area contributed by atoms with Crippen LogP contribution >= 0.6 is 11.6 Å². The maximum absolute atomic E-state index is 8.91. The van der Waals surface area contributed by atoms with Crippen molar-refractivity contribution in [2.24, 2.45) is 7.05 Å². The van der Waals surface area contributed by atoms with E-state index in [-0.39, 0.29) is 6.61 Å². The number of fused-ring (bicyclic) bond motifs is 4. The van der Waals surface area contributed by atoms with Crippen LogP contribution in [0.25, 0.3) is 44.1 Å². The van der Waals surface area contributed by atoms with Crippen LogP contribution in [0.1, 0.15) is 18.1 Å². The van der Waals surface area contributed by atoms with Crippen LogP contribution in [0.3, 0.4) is 0 Å². The van der Waals surface area contributed by atoms with Gasteiger partial charge in [0.2, 0.25) is 0 Å². The topological polar surface area (TPSA) is 124 Å². The van der Waals surface area contributed by atoms with Gasteiger partial charge in [0, 0.05) is 78.2 Å². The lowest BCUT2D eigenvalue weighted by Gasteiger charge is -1.98. The Morgan fingerprint density at radius 2 is 1.33 bits per heavy atom. The molecule has 0 saturated heterocycles. The molecule has 0 bridgehead atoms. The highest BCUT2D eigenvalue weighted by Gasteiger charge is 2.02. The summed E-state index contributed by atoms with van der Waals surface area (Å²) in [6.45, 7) is 2.23. The van der Waals surface area contributed by atoms with Crippen molar-refractivity contribution in [3.05, 3.63) is 120 Å². The summed E-state index contributed by atoms with van der Waals surface area (Å²) in [4.78, 5) is 25.5. The molecule has 0 saturated carbocycles. The van der Waals surface area contributed by atoms with E-state index < -0.39 is 0 Å². The van der Waals surface area contributed by atoms with E-state index in [0.29, 0.717) is 0 Å². The lowest BCUT2D eigenvalue weighted by Crippen LogP contribution is -1.89. The Hall–Kier alpha value is -4.99. The van der Waals surface area contributed by atoms with Crippen molar-refractivity contribution in [1.82, 2.24) is 39.5 Å². The predicted molar refractivity (Wildman–Crippen MR) is 169 cm³/mol. The van der Waals surface area contributed by atoms with Gasteiger partial charge in [0.15, 0.2) is 0 Å². The molecule has 0 amide bonds. The zero-order valence-electron chi connectivity index (χ0n) is 23.3. The lowest BCUT2D eigenvalue weighted by molar-refractivity contribution is 0.283. The Labute approximate surface area is 247 Å². The number of rotatable bonds is 2. The number of aromatic nitrogens is 8. The van der Waals surface area contributed by atoms with Crippen molar-refractivity contribution < 1.29 is 5.11 Å². The number of aryl methyl sites for hydroxylation is 2. The SMILES string of the molecule is CCc1ccnc2c1ccn2C.Clc1ccnc2[nH]ccc12.OCc1ccnc2[nH]ccc12.c1cnc2[nH]ccc2c1. The number of halogens is 1. The number of nitrogens with one attached hydrogen (secondary N) is 3. The molecule has 10 heteroatoms. The van der Waals surface area contributed by atoms with Gasteiger partial charge in [-0.15, -0.1) is 0 Å². The number of pyridine rings is 4. The summed E-state index contributed by atoms with van der Waals surface area (Å²) in [5.41, 5.74) is 5.99. The highest BCUT2D eigenvalue weighted by molar-refractivity contribution is 6.35. The minimum Gasteiger partial charge on any atom is -0.392 e. The molecular weight excluding hydrogens is 548 g/mol. The van der Waals surface area contributed by atoms with E-state index in [1.54, 1.807) is 24.7 Å². The van der Waals surface area contributed by atoms with Crippen LogP contribution in [0.5, 0.6) is 0 Å². The zero-order valence-corrected chi connectivity index (χ0v) is 24.0. The summed E-state index contributed by atoms with van der Waals surface area (Å²) in [7, 11) is 2.02. The Kier molecular flexibility index (Phi) is 9.23. The van der Waals surface area contributed by atoms with Crippen LogP contribution in [-0.4, -0.2) is 44.6 Å². The zero-order chi connectivity index (χ0) is 29.3. The molecule has 0 aliphatic rings. The molecule has 0 unspecified atom stereocenters. The summed E-state index contributed by atoms with van der Waals surface area (Å²) in [6.07, 6.45) is 15.7. The summed E-state index contributed by atoms with van der Waals surface area (Å²) in [5.74, 6) is 0. The molecule has 0 aromatic carbocycles. The first-order valence-corrected chi connectivity index (χ1v) is 13.8. The minimum absolute atomic E-state index is 0.0663. The standard InChI is InChI=1S/C10H12N2.C8H8N2O.C7H5ClN2.C7H6N2/c1-3-8-4-6-11-10-9(8)5-7-12(10)2;11-5-6-1-3-9-8-7(6)2-4-10-8;8-6-2-4-10-7-5(6)1-3-9-7;1-2-6-3-5-9-7(6)8-4-1/h4-7H,3H2,1-2H3;1-4,11H,5H2,(H,9,10);1-4H,(H,9,10);1-5H,(H,8,9). The minimum atomic E-state index is 0.0663. The van der Waals surface area contributed by atoms with Gasteiger partial charge >= 0.3 is 0 Å². The van der Waals surface area contributed by atoms with Crippen LogP contribution in [0, 0.1) is 0 Å². The third-order valence-electron chi connectivity index (χ3n) is 6.69. The first-order valence-electron chi connectivity index (χ1n) is 13.5. The smallest absolute Gasteiger partial charge is 0.139 e. The third kappa shape index (κ3) is 6.49. The summed E-state index contributed by atoms with van der Waals surface area (Å²) >= 11 is 5.84. The van der Waals surface area contributed by atoms with Gasteiger partial charge in [0.05, 0.1) is 11.6 Å². The molecule has 0 aliphatic heterocycles. The first-order chi connectivity index (χ1) is 20.6. The second kappa shape index (κ2) is 13.6. The molecule has 4 N–H and O–H groups in total. The quantitative estimate of drug-likeness (QED) is 0.176. The molecule has 8 heterocycles. The number of hydrogen-bond donors (Lipinski definition) is 4. The number of hydrogen-bond acceptors (Lipinski definition) is 5. The molecule has 8 aromatic rings. The van der Waals surface area contributed by atoms with Crippen molar-refractivity contribution in [3.63, 3.8) is 0 Å². The van der Waals surface area contributed by atoms with Gasteiger partial charge in [-0.05, 0) is 72.1 Å². The summed E-state index contributed by atoms with van der Waals surface area (Å²) in [6, 6.07) is 17.6. The summed E-state index contributed by atoms with van der Waals surface area (Å²) < 4.78 is 2.05. The molecule has 8 rings (SSSR count). The second-order valence-corrected chi connectivity index (χ2v) is 9.71.